The average molecular weight is 336 g/mol. The topological polar surface area (TPSA) is 66.8 Å². The maximum atomic E-state index is 11.3. The van der Waals surface area contributed by atoms with Gasteiger partial charge >= 0.3 is 5.97 Å². The lowest BCUT2D eigenvalue weighted by molar-refractivity contribution is -0.155. The number of aliphatic hydroxyl groups is 2. The Bertz CT molecular complexity index is 443. The number of hydrogen-bond donors (Lipinski definition) is 2. The van der Waals surface area contributed by atoms with Gasteiger partial charge in [-0.2, -0.15) is 0 Å². The predicted octanol–water partition coefficient (Wildman–Crippen LogP) is 3.52. The highest BCUT2D eigenvalue weighted by molar-refractivity contribution is 5.70. The lowest BCUT2D eigenvalue weighted by Gasteiger charge is -2.22. The van der Waals surface area contributed by atoms with Gasteiger partial charge in [0, 0.05) is 12.3 Å². The van der Waals surface area contributed by atoms with Crippen molar-refractivity contribution in [3.63, 3.8) is 0 Å². The Labute approximate surface area is 145 Å². The van der Waals surface area contributed by atoms with Gasteiger partial charge in [-0.3, -0.25) is 4.79 Å². The molecule has 0 amide bonds. The highest BCUT2D eigenvalue weighted by atomic mass is 16.5. The van der Waals surface area contributed by atoms with Gasteiger partial charge in [0.25, 0.3) is 0 Å². The van der Waals surface area contributed by atoms with Crippen LogP contribution in [0.4, 0.5) is 0 Å². The van der Waals surface area contributed by atoms with E-state index in [4.69, 9.17) is 4.74 Å². The molecule has 1 saturated heterocycles. The molecule has 24 heavy (non-hydrogen) atoms. The molecule has 0 aromatic carbocycles. The molecule has 0 bridgehead atoms. The van der Waals surface area contributed by atoms with Gasteiger partial charge < -0.3 is 14.9 Å². The Balaban J connectivity index is 1.64. The van der Waals surface area contributed by atoms with Crippen LogP contribution in [0.15, 0.2) is 24.3 Å². The van der Waals surface area contributed by atoms with Crippen molar-refractivity contribution in [2.45, 2.75) is 83.0 Å². The zero-order valence-electron chi connectivity index (χ0n) is 14.8. The normalized spacial score (nSPS) is 29.8. The molecule has 0 aromatic heterocycles. The molecule has 0 spiro atoms. The molecule has 2 fully saturated rings. The fraction of sp³-hybridized carbons (Fsp3) is 0.750. The summed E-state index contributed by atoms with van der Waals surface area (Å²) in [5.74, 6) is 0.335. The second-order valence-electron chi connectivity index (χ2n) is 7.13. The number of cyclic esters (lactones) is 1. The van der Waals surface area contributed by atoms with E-state index in [-0.39, 0.29) is 23.9 Å². The first kappa shape index (κ1) is 19.2. The summed E-state index contributed by atoms with van der Waals surface area (Å²) < 4.78 is 5.38. The number of ether oxygens (including phenoxy) is 1. The van der Waals surface area contributed by atoms with Crippen LogP contribution < -0.4 is 0 Å². The number of aliphatic hydroxyl groups excluding tert-OH is 2. The summed E-state index contributed by atoms with van der Waals surface area (Å²) in [6.45, 7) is 2.19. The number of hydrogen-bond acceptors (Lipinski definition) is 4. The Morgan fingerprint density at radius 2 is 2.08 bits per heavy atom. The molecule has 2 aliphatic rings. The molecule has 2 rings (SSSR count). The Morgan fingerprint density at radius 3 is 2.83 bits per heavy atom. The van der Waals surface area contributed by atoms with Gasteiger partial charge in [-0.25, -0.2) is 0 Å². The monoisotopic (exact) mass is 336 g/mol. The van der Waals surface area contributed by atoms with Crippen molar-refractivity contribution in [1.82, 2.24) is 0 Å². The summed E-state index contributed by atoms with van der Waals surface area (Å²) in [6.07, 6.45) is 14.9. The molecule has 136 valence electrons. The number of carbonyl (C=O) groups excluding carboxylic acids is 1. The first-order chi connectivity index (χ1) is 11.6. The third kappa shape index (κ3) is 6.40. The van der Waals surface area contributed by atoms with Crippen molar-refractivity contribution in [2.75, 3.05) is 0 Å². The standard InChI is InChI=1S/C20H32O4/c1-2-3-4-5-6-7-9-15(21)12-13-18(22)16-14-17(16)19-10-8-11-20(23)24-19/h6-7,12-13,15-19,21-22H,2-5,8-11,14H2,1H3/b7-6-,13-12+/t15-,16-,17-,18?,19+/m0/s1. The SMILES string of the molecule is CCCCC/C=C\C[C@H](O)/C=C/C(O)[C@H]1C[C@@H]1[C@H]1CCCC(=O)O1. The fourth-order valence-electron chi connectivity index (χ4n) is 3.42. The quantitative estimate of drug-likeness (QED) is 0.364. The van der Waals surface area contributed by atoms with Crippen LogP contribution >= 0.6 is 0 Å². The molecule has 0 radical (unpaired) electrons. The molecule has 1 aliphatic carbocycles. The third-order valence-electron chi connectivity index (χ3n) is 5.01. The second-order valence-corrected chi connectivity index (χ2v) is 7.13. The summed E-state index contributed by atoms with van der Waals surface area (Å²) in [5.41, 5.74) is 0. The van der Waals surface area contributed by atoms with Crippen molar-refractivity contribution in [1.29, 1.82) is 0 Å². The van der Waals surface area contributed by atoms with Crippen LogP contribution in [0.3, 0.4) is 0 Å². The van der Waals surface area contributed by atoms with E-state index in [9.17, 15) is 15.0 Å². The van der Waals surface area contributed by atoms with Gasteiger partial charge in [0.2, 0.25) is 0 Å². The Morgan fingerprint density at radius 1 is 1.25 bits per heavy atom. The van der Waals surface area contributed by atoms with Gasteiger partial charge in [0.1, 0.15) is 6.10 Å². The molecule has 4 nitrogen and oxygen atoms in total. The van der Waals surface area contributed by atoms with E-state index in [0.29, 0.717) is 12.8 Å². The highest BCUT2D eigenvalue weighted by Gasteiger charge is 2.48. The highest BCUT2D eigenvalue weighted by Crippen LogP contribution is 2.47. The van der Waals surface area contributed by atoms with Gasteiger partial charge in [0.05, 0.1) is 12.2 Å². The van der Waals surface area contributed by atoms with Crippen LogP contribution in [-0.4, -0.2) is 34.5 Å². The van der Waals surface area contributed by atoms with E-state index >= 15 is 0 Å². The summed E-state index contributed by atoms with van der Waals surface area (Å²) >= 11 is 0. The smallest absolute Gasteiger partial charge is 0.306 e. The molecule has 5 atom stereocenters. The van der Waals surface area contributed by atoms with Gasteiger partial charge in [-0.15, -0.1) is 0 Å². The molecule has 0 aromatic rings. The zero-order valence-corrected chi connectivity index (χ0v) is 14.8. The largest absolute Gasteiger partial charge is 0.462 e. The molecule has 1 unspecified atom stereocenters. The fourth-order valence-corrected chi connectivity index (χ4v) is 3.42. The summed E-state index contributed by atoms with van der Waals surface area (Å²) in [5, 5.41) is 20.2. The first-order valence-corrected chi connectivity index (χ1v) is 9.50. The van der Waals surface area contributed by atoms with E-state index in [0.717, 1.165) is 25.7 Å². The van der Waals surface area contributed by atoms with Gasteiger partial charge in [-0.05, 0) is 44.4 Å². The van der Waals surface area contributed by atoms with Gasteiger partial charge in [0.15, 0.2) is 0 Å². The lowest BCUT2D eigenvalue weighted by Crippen LogP contribution is -2.27. The van der Waals surface area contributed by atoms with Crippen molar-refractivity contribution < 1.29 is 19.7 Å². The van der Waals surface area contributed by atoms with E-state index in [1.165, 1.54) is 19.3 Å². The van der Waals surface area contributed by atoms with Crippen LogP contribution in [0.25, 0.3) is 0 Å². The van der Waals surface area contributed by atoms with Crippen molar-refractivity contribution in [2.24, 2.45) is 11.8 Å². The number of unbranched alkanes of at least 4 members (excludes halogenated alkanes) is 3. The van der Waals surface area contributed by atoms with E-state index < -0.39 is 12.2 Å². The molecule has 1 heterocycles. The predicted molar refractivity (Wildman–Crippen MR) is 94.4 cm³/mol. The number of carbonyl (C=O) groups is 1. The van der Waals surface area contributed by atoms with Crippen LogP contribution in [0, 0.1) is 11.8 Å². The minimum Gasteiger partial charge on any atom is -0.462 e. The van der Waals surface area contributed by atoms with Gasteiger partial charge in [-0.1, -0.05) is 44.1 Å². The zero-order chi connectivity index (χ0) is 17.4. The number of rotatable bonds is 10. The Hall–Kier alpha value is -1.13. The Kier molecular flexibility index (Phi) is 8.00. The molecular formula is C20H32O4. The van der Waals surface area contributed by atoms with Crippen molar-refractivity contribution in [3.05, 3.63) is 24.3 Å². The first-order valence-electron chi connectivity index (χ1n) is 9.50. The second kappa shape index (κ2) is 10.00. The van der Waals surface area contributed by atoms with Crippen LogP contribution in [0.2, 0.25) is 0 Å². The van der Waals surface area contributed by atoms with E-state index in [1.807, 2.05) is 6.08 Å². The molecule has 4 heteroatoms. The van der Waals surface area contributed by atoms with Crippen LogP contribution in [0.5, 0.6) is 0 Å². The lowest BCUT2D eigenvalue weighted by atomic mass is 10.0. The van der Waals surface area contributed by atoms with Crippen LogP contribution in [0.1, 0.15) is 64.7 Å². The summed E-state index contributed by atoms with van der Waals surface area (Å²) in [4.78, 5) is 11.3. The summed E-state index contributed by atoms with van der Waals surface area (Å²) in [6, 6.07) is 0. The molecule has 1 aliphatic heterocycles. The van der Waals surface area contributed by atoms with Crippen molar-refractivity contribution in [3.8, 4) is 0 Å². The molecule has 2 N–H and O–H groups in total. The molecular weight excluding hydrogens is 304 g/mol. The molecule has 1 saturated carbocycles. The third-order valence-corrected chi connectivity index (χ3v) is 5.01. The summed E-state index contributed by atoms with van der Waals surface area (Å²) in [7, 11) is 0. The minimum atomic E-state index is -0.557. The van der Waals surface area contributed by atoms with Crippen molar-refractivity contribution >= 4 is 5.97 Å². The number of esters is 1. The van der Waals surface area contributed by atoms with E-state index in [1.54, 1.807) is 12.2 Å². The van der Waals surface area contributed by atoms with Crippen LogP contribution in [-0.2, 0) is 9.53 Å². The maximum Gasteiger partial charge on any atom is 0.306 e. The van der Waals surface area contributed by atoms with E-state index in [2.05, 4.69) is 13.0 Å². The maximum absolute atomic E-state index is 11.3. The average Bonchev–Trinajstić information content (AvgIpc) is 3.36. The number of allylic oxidation sites excluding steroid dienone is 1. The minimum absolute atomic E-state index is 0.0183.